The van der Waals surface area contributed by atoms with Crippen LogP contribution in [-0.2, 0) is 14.8 Å². The fourth-order valence-corrected chi connectivity index (χ4v) is 3.12. The van der Waals surface area contributed by atoms with Gasteiger partial charge in [0.1, 0.15) is 17.4 Å². The lowest BCUT2D eigenvalue weighted by atomic mass is 10.1. The van der Waals surface area contributed by atoms with E-state index in [9.17, 15) is 17.6 Å². The zero-order chi connectivity index (χ0) is 15.8. The van der Waals surface area contributed by atoms with E-state index in [4.69, 9.17) is 9.52 Å². The largest absolute Gasteiger partial charge is 0.480 e. The molecule has 2 N–H and O–H groups in total. The van der Waals surface area contributed by atoms with Gasteiger partial charge in [0.2, 0.25) is 5.09 Å². The summed E-state index contributed by atoms with van der Waals surface area (Å²) in [6.45, 7) is 3.16. The second-order valence-corrected chi connectivity index (χ2v) is 6.57. The van der Waals surface area contributed by atoms with Gasteiger partial charge >= 0.3 is 5.97 Å². The van der Waals surface area contributed by atoms with Gasteiger partial charge in [0.05, 0.1) is 0 Å². The third-order valence-corrected chi connectivity index (χ3v) is 4.23. The van der Waals surface area contributed by atoms with E-state index in [0.717, 1.165) is 18.2 Å². The number of sulfonamides is 1. The number of hydrogen-bond acceptors (Lipinski definition) is 4. The Balaban J connectivity index is 2.39. The van der Waals surface area contributed by atoms with E-state index in [1.54, 1.807) is 13.8 Å². The quantitative estimate of drug-likeness (QED) is 0.879. The van der Waals surface area contributed by atoms with Crippen LogP contribution in [0.5, 0.6) is 0 Å². The Hall–Kier alpha value is -1.93. The smallest absolute Gasteiger partial charge is 0.322 e. The molecule has 0 fully saturated rings. The minimum atomic E-state index is -4.14. The van der Waals surface area contributed by atoms with Crippen molar-refractivity contribution >= 4 is 27.0 Å². The zero-order valence-corrected chi connectivity index (χ0v) is 12.1. The van der Waals surface area contributed by atoms with Crippen LogP contribution in [0.3, 0.4) is 0 Å². The molecule has 2 aromatic rings. The topological polar surface area (TPSA) is 96.6 Å². The van der Waals surface area contributed by atoms with Gasteiger partial charge in [0, 0.05) is 11.5 Å². The summed E-state index contributed by atoms with van der Waals surface area (Å²) < 4.78 is 44.6. The highest BCUT2D eigenvalue weighted by Gasteiger charge is 2.30. The molecule has 0 spiro atoms. The lowest BCUT2D eigenvalue weighted by molar-refractivity contribution is -0.140. The second-order valence-electron chi connectivity index (χ2n) is 4.93. The van der Waals surface area contributed by atoms with Crippen molar-refractivity contribution in [1.82, 2.24) is 4.72 Å². The van der Waals surface area contributed by atoms with E-state index in [2.05, 4.69) is 4.72 Å². The van der Waals surface area contributed by atoms with Gasteiger partial charge in [-0.2, -0.15) is 4.72 Å². The minimum Gasteiger partial charge on any atom is -0.480 e. The van der Waals surface area contributed by atoms with Gasteiger partial charge in [-0.1, -0.05) is 13.8 Å². The minimum absolute atomic E-state index is 0.202. The molecule has 1 aromatic heterocycles. The summed E-state index contributed by atoms with van der Waals surface area (Å²) in [5, 5.41) is 8.86. The number of carboxylic acid groups (broad SMARTS) is 1. The summed E-state index contributed by atoms with van der Waals surface area (Å²) in [4.78, 5) is 11.1. The normalized spacial score (nSPS) is 13.7. The van der Waals surface area contributed by atoms with Crippen LogP contribution in [0.4, 0.5) is 4.39 Å². The van der Waals surface area contributed by atoms with E-state index in [1.807, 2.05) is 0 Å². The van der Waals surface area contributed by atoms with E-state index >= 15 is 0 Å². The highest BCUT2D eigenvalue weighted by atomic mass is 32.2. The van der Waals surface area contributed by atoms with Crippen molar-refractivity contribution < 1.29 is 27.1 Å². The van der Waals surface area contributed by atoms with Crippen molar-refractivity contribution in [2.24, 2.45) is 5.92 Å². The SMILES string of the molecule is CC(C)[C@H](NS(=O)(=O)c1cc2cc(F)ccc2o1)C(=O)O. The monoisotopic (exact) mass is 315 g/mol. The highest BCUT2D eigenvalue weighted by Crippen LogP contribution is 2.24. The van der Waals surface area contributed by atoms with Gasteiger partial charge in [-0.05, 0) is 24.1 Å². The van der Waals surface area contributed by atoms with Crippen LogP contribution in [0.25, 0.3) is 11.0 Å². The molecule has 0 radical (unpaired) electrons. The van der Waals surface area contributed by atoms with Crippen LogP contribution in [0.1, 0.15) is 13.8 Å². The molecule has 1 heterocycles. The number of carboxylic acids is 1. The van der Waals surface area contributed by atoms with E-state index in [0.29, 0.717) is 0 Å². The lowest BCUT2D eigenvalue weighted by Gasteiger charge is -2.16. The number of halogens is 1. The Morgan fingerprint density at radius 1 is 1.33 bits per heavy atom. The molecule has 6 nitrogen and oxygen atoms in total. The molecule has 0 amide bonds. The van der Waals surface area contributed by atoms with Crippen molar-refractivity contribution in [3.8, 4) is 0 Å². The van der Waals surface area contributed by atoms with Crippen LogP contribution >= 0.6 is 0 Å². The number of hydrogen-bond donors (Lipinski definition) is 2. The number of nitrogens with one attached hydrogen (secondary N) is 1. The van der Waals surface area contributed by atoms with Crippen LogP contribution < -0.4 is 4.72 Å². The van der Waals surface area contributed by atoms with Crippen LogP contribution in [-0.4, -0.2) is 25.5 Å². The van der Waals surface area contributed by atoms with Gasteiger partial charge in [0.25, 0.3) is 10.0 Å². The Morgan fingerprint density at radius 3 is 2.57 bits per heavy atom. The number of fused-ring (bicyclic) bond motifs is 1. The molecule has 0 aliphatic heterocycles. The molecule has 0 aliphatic carbocycles. The lowest BCUT2D eigenvalue weighted by Crippen LogP contribution is -2.44. The standard InChI is InChI=1S/C13H14FNO5S/c1-7(2)12(13(16)17)15-21(18,19)11-6-8-5-9(14)3-4-10(8)20-11/h3-7,12,15H,1-2H3,(H,16,17)/t12-/m0/s1. The van der Waals surface area contributed by atoms with E-state index in [1.165, 1.54) is 6.07 Å². The molecule has 8 heteroatoms. The van der Waals surface area contributed by atoms with Crippen LogP contribution in [0, 0.1) is 11.7 Å². The van der Waals surface area contributed by atoms with Crippen molar-refractivity contribution in [2.75, 3.05) is 0 Å². The molecular weight excluding hydrogens is 301 g/mol. The summed E-state index contributed by atoms with van der Waals surface area (Å²) >= 11 is 0. The molecule has 1 aromatic carbocycles. The maximum absolute atomic E-state index is 13.1. The van der Waals surface area contributed by atoms with Crippen molar-refractivity contribution in [3.63, 3.8) is 0 Å². The van der Waals surface area contributed by atoms with Crippen molar-refractivity contribution in [1.29, 1.82) is 0 Å². The first kappa shape index (κ1) is 15.5. The molecule has 114 valence electrons. The van der Waals surface area contributed by atoms with Gasteiger partial charge in [-0.15, -0.1) is 0 Å². The fraction of sp³-hybridized carbons (Fsp3) is 0.308. The fourth-order valence-electron chi connectivity index (χ4n) is 1.82. The van der Waals surface area contributed by atoms with Gasteiger partial charge in [0.15, 0.2) is 0 Å². The summed E-state index contributed by atoms with van der Waals surface area (Å²) in [6.07, 6.45) is 0. The Morgan fingerprint density at radius 2 is 2.00 bits per heavy atom. The highest BCUT2D eigenvalue weighted by molar-refractivity contribution is 7.89. The average Bonchev–Trinajstić information content (AvgIpc) is 2.79. The first-order valence-electron chi connectivity index (χ1n) is 6.15. The molecule has 21 heavy (non-hydrogen) atoms. The second kappa shape index (κ2) is 5.45. The third-order valence-electron chi connectivity index (χ3n) is 2.94. The molecule has 1 atom stereocenters. The predicted octanol–water partition coefficient (Wildman–Crippen LogP) is 1.96. The van der Waals surface area contributed by atoms with E-state index < -0.39 is 38.9 Å². The Kier molecular flexibility index (Phi) is 4.02. The summed E-state index contributed by atoms with van der Waals surface area (Å²) in [5.74, 6) is -2.25. The Bertz CT molecular complexity index is 781. The Labute approximate surface area is 120 Å². The maximum Gasteiger partial charge on any atom is 0.322 e. The number of rotatable bonds is 5. The summed E-state index contributed by atoms with van der Waals surface area (Å²) in [5.41, 5.74) is 0.202. The molecule has 0 saturated heterocycles. The molecular formula is C13H14FNO5S. The maximum atomic E-state index is 13.1. The van der Waals surface area contributed by atoms with Gasteiger partial charge in [-0.3, -0.25) is 4.79 Å². The first-order valence-corrected chi connectivity index (χ1v) is 7.63. The number of carbonyl (C=O) groups is 1. The third kappa shape index (κ3) is 3.22. The number of furan rings is 1. The number of aliphatic carboxylic acids is 1. The molecule has 0 aliphatic rings. The molecule has 0 bridgehead atoms. The van der Waals surface area contributed by atoms with Crippen LogP contribution in [0.2, 0.25) is 0 Å². The molecule has 0 unspecified atom stereocenters. The average molecular weight is 315 g/mol. The molecule has 0 saturated carbocycles. The van der Waals surface area contributed by atoms with Gasteiger partial charge in [-0.25, -0.2) is 12.8 Å². The van der Waals surface area contributed by atoms with Crippen LogP contribution in [0.15, 0.2) is 33.8 Å². The zero-order valence-electron chi connectivity index (χ0n) is 11.3. The number of benzene rings is 1. The predicted molar refractivity (Wildman–Crippen MR) is 72.8 cm³/mol. The summed E-state index contributed by atoms with van der Waals surface area (Å²) in [6, 6.07) is 3.46. The summed E-state index contributed by atoms with van der Waals surface area (Å²) in [7, 11) is -4.14. The first-order chi connectivity index (χ1) is 9.70. The van der Waals surface area contributed by atoms with E-state index in [-0.39, 0.29) is 11.0 Å². The molecule has 2 rings (SSSR count). The van der Waals surface area contributed by atoms with Crippen molar-refractivity contribution in [2.45, 2.75) is 25.0 Å². The van der Waals surface area contributed by atoms with Crippen molar-refractivity contribution in [3.05, 3.63) is 30.1 Å². The van der Waals surface area contributed by atoms with Gasteiger partial charge < -0.3 is 9.52 Å².